The van der Waals surface area contributed by atoms with E-state index in [9.17, 15) is 0 Å². The van der Waals surface area contributed by atoms with Crippen molar-refractivity contribution in [1.29, 1.82) is 0 Å². The van der Waals surface area contributed by atoms with Crippen LogP contribution in [0.25, 0.3) is 5.82 Å². The molecule has 16 heavy (non-hydrogen) atoms. The first-order valence-electron chi connectivity index (χ1n) is 5.02. The Labute approximate surface area is 94.1 Å². The highest BCUT2D eigenvalue weighted by atomic mass is 16.5. The first-order valence-corrected chi connectivity index (χ1v) is 5.02. The second-order valence-corrected chi connectivity index (χ2v) is 3.64. The van der Waals surface area contributed by atoms with E-state index in [1.807, 2.05) is 20.8 Å². The van der Waals surface area contributed by atoms with Crippen LogP contribution in [-0.4, -0.2) is 26.9 Å². The molecule has 5 nitrogen and oxygen atoms in total. The zero-order chi connectivity index (χ0) is 11.7. The number of rotatable bonds is 2. The minimum Gasteiger partial charge on any atom is -0.495 e. The van der Waals surface area contributed by atoms with Crippen molar-refractivity contribution in [2.24, 2.45) is 0 Å². The third-order valence-corrected chi connectivity index (χ3v) is 2.61. The molecule has 0 aliphatic carbocycles. The largest absolute Gasteiger partial charge is 0.495 e. The Morgan fingerprint density at radius 1 is 1.12 bits per heavy atom. The van der Waals surface area contributed by atoms with Crippen molar-refractivity contribution in [2.75, 3.05) is 7.11 Å². The Balaban J connectivity index is 2.55. The lowest BCUT2D eigenvalue weighted by Crippen LogP contribution is -2.04. The zero-order valence-corrected chi connectivity index (χ0v) is 9.85. The molecule has 2 rings (SSSR count). The predicted molar refractivity (Wildman–Crippen MR) is 59.9 cm³/mol. The molecule has 0 fully saturated rings. The summed E-state index contributed by atoms with van der Waals surface area (Å²) in [6.07, 6.45) is 3.37. The number of pyridine rings is 1. The normalized spacial score (nSPS) is 10.5. The van der Waals surface area contributed by atoms with Gasteiger partial charge in [0.2, 0.25) is 0 Å². The summed E-state index contributed by atoms with van der Waals surface area (Å²) in [6.45, 7) is 5.85. The van der Waals surface area contributed by atoms with Crippen LogP contribution >= 0.6 is 0 Å². The number of hydrogen-bond donors (Lipinski definition) is 0. The van der Waals surface area contributed by atoms with E-state index in [1.165, 1.54) is 0 Å². The van der Waals surface area contributed by atoms with Crippen molar-refractivity contribution in [3.63, 3.8) is 0 Å². The summed E-state index contributed by atoms with van der Waals surface area (Å²) in [5, 5.41) is 4.24. The van der Waals surface area contributed by atoms with Gasteiger partial charge in [0.1, 0.15) is 17.9 Å². The molecule has 2 aromatic heterocycles. The van der Waals surface area contributed by atoms with Gasteiger partial charge in [0.05, 0.1) is 13.3 Å². The van der Waals surface area contributed by atoms with E-state index in [1.54, 1.807) is 24.3 Å². The number of aromatic nitrogens is 4. The zero-order valence-electron chi connectivity index (χ0n) is 9.85. The molecule has 0 amide bonds. The number of aryl methyl sites for hydroxylation is 1. The van der Waals surface area contributed by atoms with E-state index >= 15 is 0 Å². The summed E-state index contributed by atoms with van der Waals surface area (Å²) in [6, 6.07) is 0. The van der Waals surface area contributed by atoms with Crippen LogP contribution in [0, 0.1) is 20.8 Å². The SMILES string of the molecule is COc1cnc(-n2cnc(C)n2)c(C)c1C. The van der Waals surface area contributed by atoms with Gasteiger partial charge in [-0.05, 0) is 26.3 Å². The Morgan fingerprint density at radius 2 is 1.88 bits per heavy atom. The highest BCUT2D eigenvalue weighted by Crippen LogP contribution is 2.23. The predicted octanol–water partition coefficient (Wildman–Crippen LogP) is 1.60. The summed E-state index contributed by atoms with van der Waals surface area (Å²) >= 11 is 0. The third kappa shape index (κ3) is 1.64. The lowest BCUT2D eigenvalue weighted by molar-refractivity contribution is 0.409. The van der Waals surface area contributed by atoms with Crippen molar-refractivity contribution in [2.45, 2.75) is 20.8 Å². The summed E-state index contributed by atoms with van der Waals surface area (Å²) in [5.74, 6) is 2.31. The van der Waals surface area contributed by atoms with Crippen molar-refractivity contribution in [1.82, 2.24) is 19.7 Å². The standard InChI is InChI=1S/C11H14N4O/c1-7-8(2)11(12-5-10(7)16-4)15-6-13-9(3)14-15/h5-6H,1-4H3. The number of nitrogens with zero attached hydrogens (tertiary/aromatic N) is 4. The van der Waals surface area contributed by atoms with Gasteiger partial charge in [0.15, 0.2) is 5.82 Å². The van der Waals surface area contributed by atoms with Crippen LogP contribution in [0.15, 0.2) is 12.5 Å². The second-order valence-electron chi connectivity index (χ2n) is 3.64. The summed E-state index contributed by atoms with van der Waals surface area (Å²) in [7, 11) is 1.64. The molecule has 0 radical (unpaired) electrons. The van der Waals surface area contributed by atoms with Gasteiger partial charge in [-0.15, -0.1) is 0 Å². The fourth-order valence-electron chi connectivity index (χ4n) is 1.55. The van der Waals surface area contributed by atoms with Crippen LogP contribution in [0.1, 0.15) is 17.0 Å². The lowest BCUT2D eigenvalue weighted by Gasteiger charge is -2.10. The second kappa shape index (κ2) is 3.92. The summed E-state index contributed by atoms with van der Waals surface area (Å²) in [5.41, 5.74) is 2.12. The molecule has 0 aromatic carbocycles. The Hall–Kier alpha value is -1.91. The van der Waals surface area contributed by atoms with Crippen LogP contribution in [0.2, 0.25) is 0 Å². The summed E-state index contributed by atoms with van der Waals surface area (Å²) < 4.78 is 6.89. The van der Waals surface area contributed by atoms with Crippen LogP contribution < -0.4 is 4.74 Å². The average molecular weight is 218 g/mol. The molecule has 0 spiro atoms. The lowest BCUT2D eigenvalue weighted by atomic mass is 10.1. The minimum atomic E-state index is 0.731. The minimum absolute atomic E-state index is 0.731. The van der Waals surface area contributed by atoms with Gasteiger partial charge in [0.25, 0.3) is 0 Å². The van der Waals surface area contributed by atoms with Crippen LogP contribution in [0.5, 0.6) is 5.75 Å². The van der Waals surface area contributed by atoms with Gasteiger partial charge < -0.3 is 4.74 Å². The molecule has 0 bridgehead atoms. The van der Waals surface area contributed by atoms with Crippen LogP contribution in [-0.2, 0) is 0 Å². The van der Waals surface area contributed by atoms with E-state index in [0.717, 1.165) is 28.5 Å². The fourth-order valence-corrected chi connectivity index (χ4v) is 1.55. The molecule has 0 aliphatic rings. The van der Waals surface area contributed by atoms with Crippen molar-refractivity contribution < 1.29 is 4.74 Å². The Morgan fingerprint density at radius 3 is 2.44 bits per heavy atom. The highest BCUT2D eigenvalue weighted by Gasteiger charge is 2.10. The number of methoxy groups -OCH3 is 1. The molecule has 5 heteroatoms. The van der Waals surface area contributed by atoms with Crippen molar-refractivity contribution >= 4 is 0 Å². The van der Waals surface area contributed by atoms with E-state index in [2.05, 4.69) is 15.1 Å². The molecule has 0 saturated heterocycles. The van der Waals surface area contributed by atoms with Crippen LogP contribution in [0.4, 0.5) is 0 Å². The monoisotopic (exact) mass is 218 g/mol. The Bertz CT molecular complexity index is 519. The highest BCUT2D eigenvalue weighted by molar-refractivity contribution is 5.44. The maximum atomic E-state index is 5.21. The average Bonchev–Trinajstić information content (AvgIpc) is 2.69. The molecular weight excluding hydrogens is 204 g/mol. The summed E-state index contributed by atoms with van der Waals surface area (Å²) in [4.78, 5) is 8.42. The van der Waals surface area contributed by atoms with Gasteiger partial charge in [-0.2, -0.15) is 5.10 Å². The van der Waals surface area contributed by atoms with Gasteiger partial charge >= 0.3 is 0 Å². The fraction of sp³-hybridized carbons (Fsp3) is 0.364. The molecule has 2 heterocycles. The van der Waals surface area contributed by atoms with E-state index in [-0.39, 0.29) is 0 Å². The van der Waals surface area contributed by atoms with E-state index < -0.39 is 0 Å². The Kier molecular flexibility index (Phi) is 2.60. The molecule has 84 valence electrons. The first kappa shape index (κ1) is 10.6. The quantitative estimate of drug-likeness (QED) is 0.768. The van der Waals surface area contributed by atoms with Gasteiger partial charge in [-0.1, -0.05) is 0 Å². The molecule has 0 unspecified atom stereocenters. The smallest absolute Gasteiger partial charge is 0.158 e. The molecule has 2 aromatic rings. The van der Waals surface area contributed by atoms with Gasteiger partial charge in [0, 0.05) is 5.56 Å². The van der Waals surface area contributed by atoms with Gasteiger partial charge in [-0.25, -0.2) is 14.6 Å². The molecular formula is C11H14N4O. The van der Waals surface area contributed by atoms with Crippen LogP contribution in [0.3, 0.4) is 0 Å². The molecule has 0 aliphatic heterocycles. The maximum absolute atomic E-state index is 5.21. The number of hydrogen-bond acceptors (Lipinski definition) is 4. The maximum Gasteiger partial charge on any atom is 0.158 e. The first-order chi connectivity index (χ1) is 7.63. The van der Waals surface area contributed by atoms with E-state index in [0.29, 0.717) is 0 Å². The van der Waals surface area contributed by atoms with Crippen molar-refractivity contribution in [3.05, 3.63) is 29.5 Å². The van der Waals surface area contributed by atoms with E-state index in [4.69, 9.17) is 4.74 Å². The van der Waals surface area contributed by atoms with Crippen molar-refractivity contribution in [3.8, 4) is 11.6 Å². The molecule has 0 atom stereocenters. The number of ether oxygens (including phenoxy) is 1. The van der Waals surface area contributed by atoms with Gasteiger partial charge in [-0.3, -0.25) is 0 Å². The topological polar surface area (TPSA) is 52.8 Å². The molecule has 0 N–H and O–H groups in total. The molecule has 0 saturated carbocycles. The third-order valence-electron chi connectivity index (χ3n) is 2.61.